The summed E-state index contributed by atoms with van der Waals surface area (Å²) in [5.74, 6) is 0. The minimum Gasteiger partial charge on any atom is -0.310 e. The number of nitrogens with zero attached hydrogens (tertiary/aromatic N) is 2. The minimum absolute atomic E-state index is 0.0117. The molecule has 0 spiro atoms. The van der Waals surface area contributed by atoms with E-state index in [0.717, 1.165) is 22.7 Å². The van der Waals surface area contributed by atoms with Crippen LogP contribution < -0.4 is 4.90 Å². The predicted octanol–water partition coefficient (Wildman–Crippen LogP) is 12.2. The zero-order valence-electron chi connectivity index (χ0n) is 26.6. The normalized spacial score (nSPS) is 13.1. The molecule has 0 saturated carbocycles. The Morgan fingerprint density at radius 3 is 1.83 bits per heavy atom. The van der Waals surface area contributed by atoms with E-state index < -0.39 is 0 Å². The topological polar surface area (TPSA) is 8.17 Å². The van der Waals surface area contributed by atoms with E-state index in [1.807, 2.05) is 0 Å². The maximum absolute atomic E-state index is 2.38. The molecule has 0 N–H and O–H groups in total. The maximum atomic E-state index is 2.38. The molecule has 1 heterocycles. The van der Waals surface area contributed by atoms with Gasteiger partial charge in [-0.05, 0) is 94.0 Å². The van der Waals surface area contributed by atoms with Crippen molar-refractivity contribution in [3.05, 3.63) is 181 Å². The van der Waals surface area contributed by atoms with Gasteiger partial charge in [0.2, 0.25) is 0 Å². The number of aromatic nitrogens is 1. The molecular weight excluding hydrogens is 569 g/mol. The molecule has 0 unspecified atom stereocenters. The third kappa shape index (κ3) is 4.33. The van der Waals surface area contributed by atoms with Gasteiger partial charge in [0.15, 0.2) is 0 Å². The number of fused-ring (bicyclic) bond motifs is 6. The van der Waals surface area contributed by atoms with E-state index in [2.05, 4.69) is 193 Å². The highest BCUT2D eigenvalue weighted by Crippen LogP contribution is 2.49. The Balaban J connectivity index is 1.16. The van der Waals surface area contributed by atoms with Crippen LogP contribution in [-0.2, 0) is 5.41 Å². The van der Waals surface area contributed by atoms with Crippen LogP contribution >= 0.6 is 0 Å². The fraction of sp³-hybridized carbons (Fsp3) is 0.0667. The first kappa shape index (κ1) is 27.5. The smallest absolute Gasteiger partial charge is 0.0561 e. The third-order valence-corrected chi connectivity index (χ3v) is 9.99. The zero-order valence-corrected chi connectivity index (χ0v) is 26.6. The fourth-order valence-corrected chi connectivity index (χ4v) is 7.68. The van der Waals surface area contributed by atoms with Crippen LogP contribution in [-0.4, -0.2) is 4.57 Å². The second kappa shape index (κ2) is 10.6. The molecule has 47 heavy (non-hydrogen) atoms. The zero-order chi connectivity index (χ0) is 31.5. The Morgan fingerprint density at radius 2 is 1.02 bits per heavy atom. The van der Waals surface area contributed by atoms with E-state index >= 15 is 0 Å². The van der Waals surface area contributed by atoms with Crippen molar-refractivity contribution in [1.82, 2.24) is 4.57 Å². The first-order chi connectivity index (χ1) is 23.1. The summed E-state index contributed by atoms with van der Waals surface area (Å²) in [5.41, 5.74) is 14.9. The molecule has 0 atom stereocenters. The highest BCUT2D eigenvalue weighted by molar-refractivity contribution is 6.10. The van der Waals surface area contributed by atoms with Gasteiger partial charge in [0, 0.05) is 38.9 Å². The summed E-state index contributed by atoms with van der Waals surface area (Å²) >= 11 is 0. The molecule has 8 aromatic rings. The first-order valence-corrected chi connectivity index (χ1v) is 16.4. The van der Waals surface area contributed by atoms with Crippen LogP contribution in [0.4, 0.5) is 17.1 Å². The van der Waals surface area contributed by atoms with Crippen molar-refractivity contribution < 1.29 is 0 Å². The molecule has 224 valence electrons. The Morgan fingerprint density at radius 1 is 0.426 bits per heavy atom. The molecule has 0 fully saturated rings. The minimum atomic E-state index is 0.0117. The molecule has 1 aromatic heterocycles. The predicted molar refractivity (Wildman–Crippen MR) is 198 cm³/mol. The third-order valence-electron chi connectivity index (χ3n) is 9.99. The van der Waals surface area contributed by atoms with Gasteiger partial charge in [-0.15, -0.1) is 0 Å². The number of benzene rings is 7. The molecule has 1 aliphatic carbocycles. The van der Waals surface area contributed by atoms with Crippen molar-refractivity contribution in [2.45, 2.75) is 19.3 Å². The van der Waals surface area contributed by atoms with Crippen LogP contribution in [0, 0.1) is 0 Å². The highest BCUT2D eigenvalue weighted by Gasteiger charge is 2.35. The summed E-state index contributed by atoms with van der Waals surface area (Å²) in [6.45, 7) is 4.67. The lowest BCUT2D eigenvalue weighted by Gasteiger charge is -2.26. The van der Waals surface area contributed by atoms with Crippen LogP contribution in [0.3, 0.4) is 0 Å². The lowest BCUT2D eigenvalue weighted by Crippen LogP contribution is -2.14. The van der Waals surface area contributed by atoms with Crippen molar-refractivity contribution in [3.8, 4) is 27.9 Å². The van der Waals surface area contributed by atoms with E-state index in [1.165, 1.54) is 55.2 Å². The van der Waals surface area contributed by atoms with Crippen molar-refractivity contribution in [3.63, 3.8) is 0 Å². The summed E-state index contributed by atoms with van der Waals surface area (Å²) in [6, 6.07) is 61.8. The quantitative estimate of drug-likeness (QED) is 0.190. The standard InChI is InChI=1S/C45H34N2/c1-45(2)41-19-11-9-17-37(41)40-29-32(23-28-42(40)45)31-21-24-35(25-22-31)46(33-13-5-3-6-14-33)36-26-27-39-38-18-10-12-20-43(38)47(44(39)30-36)34-15-7-4-8-16-34/h3-30H,1-2H3. The number of para-hydroxylation sites is 3. The number of hydrogen-bond donors (Lipinski definition) is 0. The summed E-state index contributed by atoms with van der Waals surface area (Å²) in [7, 11) is 0. The molecule has 2 nitrogen and oxygen atoms in total. The molecule has 0 saturated heterocycles. The van der Waals surface area contributed by atoms with Gasteiger partial charge < -0.3 is 9.47 Å². The van der Waals surface area contributed by atoms with E-state index in [1.54, 1.807) is 0 Å². The van der Waals surface area contributed by atoms with Crippen molar-refractivity contribution in [1.29, 1.82) is 0 Å². The van der Waals surface area contributed by atoms with Gasteiger partial charge in [-0.2, -0.15) is 0 Å². The Hall–Kier alpha value is -5.86. The monoisotopic (exact) mass is 602 g/mol. The van der Waals surface area contributed by atoms with Crippen molar-refractivity contribution in [2.75, 3.05) is 4.90 Å². The van der Waals surface area contributed by atoms with E-state index in [-0.39, 0.29) is 5.41 Å². The highest BCUT2D eigenvalue weighted by atomic mass is 15.1. The fourth-order valence-electron chi connectivity index (χ4n) is 7.68. The van der Waals surface area contributed by atoms with Gasteiger partial charge in [0.05, 0.1) is 11.0 Å². The van der Waals surface area contributed by atoms with Gasteiger partial charge >= 0.3 is 0 Å². The van der Waals surface area contributed by atoms with E-state index in [9.17, 15) is 0 Å². The number of rotatable bonds is 5. The largest absolute Gasteiger partial charge is 0.310 e. The van der Waals surface area contributed by atoms with Gasteiger partial charge in [-0.1, -0.05) is 123 Å². The number of anilines is 3. The SMILES string of the molecule is CC1(C)c2ccccc2-c2cc(-c3ccc(N(c4ccccc4)c4ccc5c6ccccc6n(-c6ccccc6)c5c4)cc3)ccc21. The summed E-state index contributed by atoms with van der Waals surface area (Å²) in [4.78, 5) is 2.36. The molecule has 0 radical (unpaired) electrons. The van der Waals surface area contributed by atoms with Crippen LogP contribution in [0.25, 0.3) is 49.7 Å². The first-order valence-electron chi connectivity index (χ1n) is 16.4. The Labute approximate surface area is 275 Å². The second-order valence-corrected chi connectivity index (χ2v) is 13.0. The van der Waals surface area contributed by atoms with Crippen LogP contribution in [0.2, 0.25) is 0 Å². The average Bonchev–Trinajstić information content (AvgIpc) is 3.57. The molecule has 1 aliphatic rings. The summed E-state index contributed by atoms with van der Waals surface area (Å²) in [6.07, 6.45) is 0. The molecule has 0 amide bonds. The Bertz CT molecular complexity index is 2420. The van der Waals surface area contributed by atoms with E-state index in [0.29, 0.717) is 0 Å². The van der Waals surface area contributed by atoms with Crippen molar-refractivity contribution >= 4 is 38.9 Å². The van der Waals surface area contributed by atoms with Gasteiger partial charge in [0.1, 0.15) is 0 Å². The lowest BCUT2D eigenvalue weighted by atomic mass is 9.82. The lowest BCUT2D eigenvalue weighted by molar-refractivity contribution is 0.660. The van der Waals surface area contributed by atoms with E-state index in [4.69, 9.17) is 0 Å². The molecule has 0 aliphatic heterocycles. The van der Waals surface area contributed by atoms with Crippen LogP contribution in [0.15, 0.2) is 170 Å². The molecular formula is C45H34N2. The molecule has 2 heteroatoms. The van der Waals surface area contributed by atoms with Gasteiger partial charge in [-0.25, -0.2) is 0 Å². The summed E-state index contributed by atoms with van der Waals surface area (Å²) in [5, 5.41) is 2.51. The average molecular weight is 603 g/mol. The van der Waals surface area contributed by atoms with Crippen molar-refractivity contribution in [2.24, 2.45) is 0 Å². The van der Waals surface area contributed by atoms with Gasteiger partial charge in [0.25, 0.3) is 0 Å². The Kier molecular flexibility index (Phi) is 6.20. The van der Waals surface area contributed by atoms with Gasteiger partial charge in [-0.3, -0.25) is 0 Å². The van der Waals surface area contributed by atoms with Crippen LogP contribution in [0.1, 0.15) is 25.0 Å². The second-order valence-electron chi connectivity index (χ2n) is 13.0. The summed E-state index contributed by atoms with van der Waals surface area (Å²) < 4.78 is 2.38. The molecule has 0 bridgehead atoms. The van der Waals surface area contributed by atoms with Crippen LogP contribution in [0.5, 0.6) is 0 Å². The maximum Gasteiger partial charge on any atom is 0.0561 e. The number of hydrogen-bond acceptors (Lipinski definition) is 1. The molecule has 9 rings (SSSR count). The molecule has 7 aromatic carbocycles.